The molecule has 0 aromatic rings. The molecule has 0 spiro atoms. The van der Waals surface area contributed by atoms with Crippen LogP contribution >= 0.6 is 11.8 Å². The SMILES string of the molecule is CSCCC(NC(=O)C(CO)NC(=O)C(CCCCN)NC(=O)C(N)CC(N)=O)C(=O)O. The first-order chi connectivity index (χ1) is 15.1. The second kappa shape index (κ2) is 16.2. The smallest absolute Gasteiger partial charge is 0.326 e. The van der Waals surface area contributed by atoms with Crippen LogP contribution in [0.5, 0.6) is 0 Å². The van der Waals surface area contributed by atoms with Crippen molar-refractivity contribution in [3.05, 3.63) is 0 Å². The molecule has 32 heavy (non-hydrogen) atoms. The third-order valence-corrected chi connectivity index (χ3v) is 5.02. The summed E-state index contributed by atoms with van der Waals surface area (Å²) in [5.41, 5.74) is 16.1. The third kappa shape index (κ3) is 11.8. The van der Waals surface area contributed by atoms with Crippen LogP contribution in [0.25, 0.3) is 0 Å². The number of aliphatic hydroxyl groups is 1. The predicted molar refractivity (Wildman–Crippen MR) is 118 cm³/mol. The zero-order valence-corrected chi connectivity index (χ0v) is 18.9. The lowest BCUT2D eigenvalue weighted by atomic mass is 10.1. The molecule has 0 bridgehead atoms. The number of carboxylic acid groups (broad SMARTS) is 1. The van der Waals surface area contributed by atoms with Crippen molar-refractivity contribution >= 4 is 41.4 Å². The number of carbonyl (C=O) groups is 5. The van der Waals surface area contributed by atoms with E-state index in [2.05, 4.69) is 16.0 Å². The Bertz CT molecular complexity index is 651. The standard InChI is InChI=1S/C18H34N6O7S/c1-32-7-5-12(18(30)31)23-17(29)13(9-25)24-16(28)11(4-2-3-6-19)22-15(27)10(20)8-14(21)26/h10-13,25H,2-9,19-20H2,1H3,(H2,21,26)(H,22,27)(H,23,29)(H,24,28)(H,30,31). The van der Waals surface area contributed by atoms with Gasteiger partial charge in [0.05, 0.1) is 19.1 Å². The number of amides is 4. The summed E-state index contributed by atoms with van der Waals surface area (Å²) < 4.78 is 0. The fourth-order valence-corrected chi connectivity index (χ4v) is 3.05. The lowest BCUT2D eigenvalue weighted by Gasteiger charge is -2.24. The number of carboxylic acids is 1. The Morgan fingerprint density at radius 2 is 1.47 bits per heavy atom. The van der Waals surface area contributed by atoms with Crippen LogP contribution in [-0.4, -0.2) is 89.1 Å². The number of nitrogens with one attached hydrogen (secondary N) is 3. The molecule has 4 unspecified atom stereocenters. The maximum absolute atomic E-state index is 12.7. The Morgan fingerprint density at radius 3 is 1.97 bits per heavy atom. The minimum Gasteiger partial charge on any atom is -0.480 e. The second-order valence-corrected chi connectivity index (χ2v) is 8.03. The van der Waals surface area contributed by atoms with Gasteiger partial charge in [0, 0.05) is 0 Å². The van der Waals surface area contributed by atoms with E-state index in [1.807, 2.05) is 0 Å². The molecule has 0 rings (SSSR count). The fraction of sp³-hybridized carbons (Fsp3) is 0.722. The molecule has 0 aliphatic rings. The lowest BCUT2D eigenvalue weighted by molar-refractivity contribution is -0.142. The van der Waals surface area contributed by atoms with E-state index >= 15 is 0 Å². The van der Waals surface area contributed by atoms with E-state index in [0.717, 1.165) is 0 Å². The highest BCUT2D eigenvalue weighted by atomic mass is 32.2. The lowest BCUT2D eigenvalue weighted by Crippen LogP contribution is -2.58. The number of aliphatic hydroxyl groups excluding tert-OH is 1. The molecule has 14 heteroatoms. The molecule has 0 saturated heterocycles. The van der Waals surface area contributed by atoms with Gasteiger partial charge in [-0.25, -0.2) is 4.79 Å². The average molecular weight is 479 g/mol. The van der Waals surface area contributed by atoms with Crippen molar-refractivity contribution in [2.24, 2.45) is 17.2 Å². The van der Waals surface area contributed by atoms with Crippen molar-refractivity contribution in [3.8, 4) is 0 Å². The first kappa shape index (κ1) is 29.6. The summed E-state index contributed by atoms with van der Waals surface area (Å²) in [6.07, 6.45) is 2.70. The van der Waals surface area contributed by atoms with Crippen molar-refractivity contribution in [1.82, 2.24) is 16.0 Å². The van der Waals surface area contributed by atoms with Crippen LogP contribution < -0.4 is 33.2 Å². The quantitative estimate of drug-likeness (QED) is 0.0963. The third-order valence-electron chi connectivity index (χ3n) is 4.38. The molecule has 0 aliphatic carbocycles. The Hall–Kier alpha value is -2.42. The summed E-state index contributed by atoms with van der Waals surface area (Å²) in [6, 6.07) is -5.01. The largest absolute Gasteiger partial charge is 0.480 e. The van der Waals surface area contributed by atoms with Gasteiger partial charge >= 0.3 is 5.97 Å². The highest BCUT2D eigenvalue weighted by Crippen LogP contribution is 2.04. The zero-order chi connectivity index (χ0) is 24.7. The molecule has 0 aromatic heterocycles. The van der Waals surface area contributed by atoms with Gasteiger partial charge in [-0.2, -0.15) is 11.8 Å². The summed E-state index contributed by atoms with van der Waals surface area (Å²) in [4.78, 5) is 59.5. The number of carbonyl (C=O) groups excluding carboxylic acids is 4. The number of rotatable bonds is 17. The summed E-state index contributed by atoms with van der Waals surface area (Å²) in [7, 11) is 0. The molecule has 0 heterocycles. The van der Waals surface area contributed by atoms with Gasteiger partial charge < -0.3 is 43.4 Å². The number of aliphatic carboxylic acids is 1. The van der Waals surface area contributed by atoms with E-state index in [9.17, 15) is 34.2 Å². The van der Waals surface area contributed by atoms with Crippen LogP contribution in [0.3, 0.4) is 0 Å². The number of hydrogen-bond acceptors (Lipinski definition) is 9. The number of hydrogen-bond donors (Lipinski definition) is 8. The highest BCUT2D eigenvalue weighted by molar-refractivity contribution is 7.98. The van der Waals surface area contributed by atoms with Gasteiger partial charge in [0.25, 0.3) is 0 Å². The predicted octanol–water partition coefficient (Wildman–Crippen LogP) is -3.40. The highest BCUT2D eigenvalue weighted by Gasteiger charge is 2.30. The molecule has 4 atom stereocenters. The van der Waals surface area contributed by atoms with Gasteiger partial charge in [-0.15, -0.1) is 0 Å². The van der Waals surface area contributed by atoms with E-state index in [0.29, 0.717) is 25.1 Å². The molecule has 184 valence electrons. The number of nitrogens with two attached hydrogens (primary N) is 3. The van der Waals surface area contributed by atoms with Gasteiger partial charge in [-0.05, 0) is 44.2 Å². The van der Waals surface area contributed by atoms with Crippen molar-refractivity contribution < 1.29 is 34.2 Å². The van der Waals surface area contributed by atoms with E-state index in [-0.39, 0.29) is 12.8 Å². The van der Waals surface area contributed by atoms with Gasteiger partial charge in [0.15, 0.2) is 0 Å². The number of unbranched alkanes of at least 4 members (excludes halogenated alkanes) is 1. The Labute approximate surface area is 190 Å². The maximum Gasteiger partial charge on any atom is 0.326 e. The fourth-order valence-electron chi connectivity index (χ4n) is 2.58. The van der Waals surface area contributed by atoms with Gasteiger partial charge in [0.1, 0.15) is 18.1 Å². The second-order valence-electron chi connectivity index (χ2n) is 7.05. The van der Waals surface area contributed by atoms with Crippen molar-refractivity contribution in [2.75, 3.05) is 25.2 Å². The van der Waals surface area contributed by atoms with Crippen LogP contribution in [-0.2, 0) is 24.0 Å². The van der Waals surface area contributed by atoms with Crippen LogP contribution in [0.2, 0.25) is 0 Å². The van der Waals surface area contributed by atoms with Crippen LogP contribution in [0.4, 0.5) is 0 Å². The average Bonchev–Trinajstić information content (AvgIpc) is 2.72. The summed E-state index contributed by atoms with van der Waals surface area (Å²) in [6.45, 7) is -0.436. The Kier molecular flexibility index (Phi) is 15.0. The van der Waals surface area contributed by atoms with Crippen molar-refractivity contribution in [2.45, 2.75) is 56.3 Å². The molecule has 13 nitrogen and oxygen atoms in total. The molecule has 0 fully saturated rings. The Balaban J connectivity index is 5.21. The van der Waals surface area contributed by atoms with E-state index < -0.39 is 66.8 Å². The molecule has 4 amide bonds. The minimum atomic E-state index is -1.44. The van der Waals surface area contributed by atoms with Crippen LogP contribution in [0.1, 0.15) is 32.1 Å². The number of primary amides is 1. The zero-order valence-electron chi connectivity index (χ0n) is 18.0. The maximum atomic E-state index is 12.7. The van der Waals surface area contributed by atoms with E-state index in [1.165, 1.54) is 11.8 Å². The molecule has 0 aliphatic heterocycles. The van der Waals surface area contributed by atoms with Gasteiger partial charge in [0.2, 0.25) is 23.6 Å². The Morgan fingerprint density at radius 1 is 0.906 bits per heavy atom. The van der Waals surface area contributed by atoms with Crippen molar-refractivity contribution in [1.29, 1.82) is 0 Å². The van der Waals surface area contributed by atoms with Crippen LogP contribution in [0, 0.1) is 0 Å². The van der Waals surface area contributed by atoms with E-state index in [4.69, 9.17) is 17.2 Å². The topological polar surface area (TPSA) is 240 Å². The minimum absolute atomic E-state index is 0.156. The monoisotopic (exact) mass is 478 g/mol. The molecule has 0 radical (unpaired) electrons. The molecular weight excluding hydrogens is 444 g/mol. The van der Waals surface area contributed by atoms with Gasteiger partial charge in [-0.3, -0.25) is 19.2 Å². The molecular formula is C18H34N6O7S. The molecule has 11 N–H and O–H groups in total. The number of thioether (sulfide) groups is 1. The summed E-state index contributed by atoms with van der Waals surface area (Å²) >= 11 is 1.40. The summed E-state index contributed by atoms with van der Waals surface area (Å²) in [5.74, 6) is -4.01. The molecule has 0 saturated carbocycles. The van der Waals surface area contributed by atoms with Crippen LogP contribution in [0.15, 0.2) is 0 Å². The normalized spacial score (nSPS) is 14.5. The van der Waals surface area contributed by atoms with Crippen molar-refractivity contribution in [3.63, 3.8) is 0 Å². The molecule has 0 aromatic carbocycles. The first-order valence-corrected chi connectivity index (χ1v) is 11.4. The summed E-state index contributed by atoms with van der Waals surface area (Å²) in [5, 5.41) is 25.7. The van der Waals surface area contributed by atoms with Gasteiger partial charge in [-0.1, -0.05) is 0 Å². The first-order valence-electron chi connectivity index (χ1n) is 10.0. The van der Waals surface area contributed by atoms with E-state index in [1.54, 1.807) is 6.26 Å².